The second-order valence-corrected chi connectivity index (χ2v) is 5.71. The molecule has 1 aliphatic heterocycles. The lowest BCUT2D eigenvalue weighted by atomic mass is 10.1. The number of para-hydroxylation sites is 1. The summed E-state index contributed by atoms with van der Waals surface area (Å²) in [6, 6.07) is 11.3. The van der Waals surface area contributed by atoms with Crippen LogP contribution in [0.15, 0.2) is 51.9 Å². The molecular formula is C16H9N5O4S. The molecule has 0 saturated heterocycles. The number of hydrogen-bond donors (Lipinski definition) is 2. The quantitative estimate of drug-likeness (QED) is 0.415. The van der Waals surface area contributed by atoms with Gasteiger partial charge in [-0.15, -0.1) is 5.10 Å². The first-order chi connectivity index (χ1) is 12.5. The molecule has 0 saturated carbocycles. The second kappa shape index (κ2) is 6.01. The topological polar surface area (TPSA) is 126 Å². The fraction of sp³-hybridized carbons (Fsp3) is 0. The normalized spacial score (nSPS) is 14.3. The second-order valence-electron chi connectivity index (χ2n) is 5.34. The summed E-state index contributed by atoms with van der Waals surface area (Å²) in [5.41, 5.74) is 1.70. The molecule has 4 rings (SSSR count). The van der Waals surface area contributed by atoms with E-state index in [1.54, 1.807) is 30.3 Å². The van der Waals surface area contributed by atoms with Crippen LogP contribution in [0.5, 0.6) is 0 Å². The monoisotopic (exact) mass is 367 g/mol. The Morgan fingerprint density at radius 1 is 1.19 bits per heavy atom. The molecule has 2 aromatic carbocycles. The van der Waals surface area contributed by atoms with E-state index < -0.39 is 10.8 Å². The molecule has 0 bridgehead atoms. The fourth-order valence-corrected chi connectivity index (χ4v) is 2.71. The van der Waals surface area contributed by atoms with Crippen molar-refractivity contribution < 1.29 is 14.1 Å². The summed E-state index contributed by atoms with van der Waals surface area (Å²) in [6.45, 7) is 0. The fourth-order valence-electron chi connectivity index (χ4n) is 2.59. The number of carbonyl (C=O) groups excluding carboxylic acids is 1. The summed E-state index contributed by atoms with van der Waals surface area (Å²) in [5, 5.41) is 20.1. The lowest BCUT2D eigenvalue weighted by Crippen LogP contribution is -2.14. The molecule has 26 heavy (non-hydrogen) atoms. The van der Waals surface area contributed by atoms with Crippen LogP contribution >= 0.6 is 12.2 Å². The van der Waals surface area contributed by atoms with E-state index in [-0.39, 0.29) is 21.9 Å². The van der Waals surface area contributed by atoms with E-state index in [0.29, 0.717) is 22.7 Å². The van der Waals surface area contributed by atoms with Crippen LogP contribution in [0.4, 0.5) is 17.1 Å². The third kappa shape index (κ3) is 2.67. The van der Waals surface area contributed by atoms with Gasteiger partial charge in [0.2, 0.25) is 5.89 Å². The van der Waals surface area contributed by atoms with Crippen molar-refractivity contribution in [1.29, 1.82) is 0 Å². The number of rotatable bonds is 3. The van der Waals surface area contributed by atoms with Crippen LogP contribution in [0.3, 0.4) is 0 Å². The Kier molecular flexibility index (Phi) is 3.66. The van der Waals surface area contributed by atoms with Crippen molar-refractivity contribution in [2.24, 2.45) is 4.99 Å². The third-order valence-corrected chi connectivity index (χ3v) is 3.92. The van der Waals surface area contributed by atoms with Crippen molar-refractivity contribution in [3.63, 3.8) is 0 Å². The Balaban J connectivity index is 1.72. The van der Waals surface area contributed by atoms with E-state index in [1.807, 2.05) is 0 Å². The number of nitrogens with zero attached hydrogens (tertiary/aromatic N) is 3. The number of benzene rings is 2. The number of nitrogens with one attached hydrogen (secondary N) is 2. The average molecular weight is 367 g/mol. The Hall–Kier alpha value is -3.66. The van der Waals surface area contributed by atoms with E-state index >= 15 is 0 Å². The zero-order chi connectivity index (χ0) is 18.3. The van der Waals surface area contributed by atoms with Crippen molar-refractivity contribution in [3.8, 4) is 11.5 Å². The Labute approximate surface area is 150 Å². The molecule has 128 valence electrons. The molecule has 2 heterocycles. The molecule has 1 aromatic heterocycles. The molecule has 2 N–H and O–H groups in total. The number of carbonyl (C=O) groups is 1. The number of aromatic nitrogens is 2. The maximum atomic E-state index is 12.2. The predicted molar refractivity (Wildman–Crippen MR) is 95.0 cm³/mol. The molecule has 9 nitrogen and oxygen atoms in total. The first-order valence-corrected chi connectivity index (χ1v) is 7.77. The summed E-state index contributed by atoms with van der Waals surface area (Å²) in [4.78, 5) is 27.2. The van der Waals surface area contributed by atoms with Gasteiger partial charge in [-0.2, -0.15) is 0 Å². The van der Waals surface area contributed by atoms with Crippen LogP contribution in [0.2, 0.25) is 0 Å². The van der Waals surface area contributed by atoms with Gasteiger partial charge in [0.05, 0.1) is 10.6 Å². The molecule has 0 atom stereocenters. The van der Waals surface area contributed by atoms with Crippen LogP contribution in [0.25, 0.3) is 11.5 Å². The summed E-state index contributed by atoms with van der Waals surface area (Å²) >= 11 is 4.83. The SMILES string of the molecule is O=C1Nc2c(cccc2[N+](=O)[O-])C1=Nc1ccc(-c2n[nH]c(=S)o2)cc1. The van der Waals surface area contributed by atoms with Gasteiger partial charge in [0.15, 0.2) is 0 Å². The number of nitro benzene ring substituents is 1. The predicted octanol–water partition coefficient (Wildman–Crippen LogP) is 3.38. The number of anilines is 1. The van der Waals surface area contributed by atoms with Gasteiger partial charge >= 0.3 is 0 Å². The molecular weight excluding hydrogens is 358 g/mol. The van der Waals surface area contributed by atoms with Crippen LogP contribution in [-0.4, -0.2) is 26.7 Å². The van der Waals surface area contributed by atoms with Gasteiger partial charge in [-0.3, -0.25) is 14.9 Å². The molecule has 0 spiro atoms. The smallest absolute Gasteiger partial charge is 0.293 e. The third-order valence-electron chi connectivity index (χ3n) is 3.74. The molecule has 1 amide bonds. The Morgan fingerprint density at radius 2 is 1.96 bits per heavy atom. The number of fused-ring (bicyclic) bond motifs is 1. The van der Waals surface area contributed by atoms with E-state index in [9.17, 15) is 14.9 Å². The van der Waals surface area contributed by atoms with E-state index in [4.69, 9.17) is 16.6 Å². The molecule has 3 aromatic rings. The van der Waals surface area contributed by atoms with Gasteiger partial charge in [0, 0.05) is 17.2 Å². The van der Waals surface area contributed by atoms with E-state index in [0.717, 1.165) is 0 Å². The number of aliphatic imine (C=N–C) groups is 1. The lowest BCUT2D eigenvalue weighted by molar-refractivity contribution is -0.383. The van der Waals surface area contributed by atoms with Gasteiger partial charge in [0.25, 0.3) is 16.4 Å². The summed E-state index contributed by atoms with van der Waals surface area (Å²) in [6.07, 6.45) is 0. The van der Waals surface area contributed by atoms with Gasteiger partial charge < -0.3 is 9.73 Å². The van der Waals surface area contributed by atoms with Crippen molar-refractivity contribution in [1.82, 2.24) is 10.2 Å². The van der Waals surface area contributed by atoms with E-state index in [2.05, 4.69) is 20.5 Å². The zero-order valence-electron chi connectivity index (χ0n) is 12.9. The van der Waals surface area contributed by atoms with Crippen LogP contribution in [0.1, 0.15) is 5.56 Å². The molecule has 1 aliphatic rings. The Bertz CT molecular complexity index is 1130. The number of hydrogen-bond acceptors (Lipinski definition) is 7. The number of amides is 1. The van der Waals surface area contributed by atoms with Crippen molar-refractivity contribution >= 4 is 40.9 Å². The molecule has 10 heteroatoms. The maximum absolute atomic E-state index is 12.2. The van der Waals surface area contributed by atoms with Gasteiger partial charge in [-0.25, -0.2) is 10.1 Å². The van der Waals surface area contributed by atoms with Crippen molar-refractivity contribution in [3.05, 3.63) is 63.0 Å². The van der Waals surface area contributed by atoms with Gasteiger partial charge in [-0.05, 0) is 42.5 Å². The first kappa shape index (κ1) is 15.8. The summed E-state index contributed by atoms with van der Waals surface area (Å²) in [7, 11) is 0. The number of H-pyrrole nitrogens is 1. The number of aromatic amines is 1. The van der Waals surface area contributed by atoms with Crippen molar-refractivity contribution in [2.75, 3.05) is 5.32 Å². The minimum absolute atomic E-state index is 0.119. The Morgan fingerprint density at radius 3 is 2.62 bits per heavy atom. The molecule has 0 unspecified atom stereocenters. The number of nitro groups is 1. The first-order valence-electron chi connectivity index (χ1n) is 7.37. The summed E-state index contributed by atoms with van der Waals surface area (Å²) < 4.78 is 5.23. The highest BCUT2D eigenvalue weighted by Crippen LogP contribution is 2.34. The lowest BCUT2D eigenvalue weighted by Gasteiger charge is -2.00. The van der Waals surface area contributed by atoms with E-state index in [1.165, 1.54) is 12.1 Å². The summed E-state index contributed by atoms with van der Waals surface area (Å²) in [5.74, 6) is -0.148. The highest BCUT2D eigenvalue weighted by Gasteiger charge is 2.32. The molecule has 0 fully saturated rings. The average Bonchev–Trinajstić information content (AvgIpc) is 3.19. The minimum atomic E-state index is -0.544. The van der Waals surface area contributed by atoms with Crippen LogP contribution < -0.4 is 5.32 Å². The largest absolute Gasteiger partial charge is 0.409 e. The van der Waals surface area contributed by atoms with Gasteiger partial charge in [0.1, 0.15) is 11.4 Å². The zero-order valence-corrected chi connectivity index (χ0v) is 13.7. The van der Waals surface area contributed by atoms with Crippen molar-refractivity contribution in [2.45, 2.75) is 0 Å². The minimum Gasteiger partial charge on any atom is -0.409 e. The molecule has 0 aliphatic carbocycles. The van der Waals surface area contributed by atoms with Gasteiger partial charge in [-0.1, -0.05) is 6.07 Å². The maximum Gasteiger partial charge on any atom is 0.293 e. The van der Waals surface area contributed by atoms with Crippen LogP contribution in [-0.2, 0) is 4.79 Å². The van der Waals surface area contributed by atoms with Crippen LogP contribution in [0, 0.1) is 15.0 Å². The standard InChI is InChI=1S/C16H9N5O4S/c22-14-13(10-2-1-3-11(21(23)24)12(10)18-14)17-9-6-4-8(5-7-9)15-19-20-16(26)25-15/h1-7H,(H,20,26)(H,17,18,22). The highest BCUT2D eigenvalue weighted by molar-refractivity contribution is 7.71. The molecule has 0 radical (unpaired) electrons. The highest BCUT2D eigenvalue weighted by atomic mass is 32.1.